The predicted octanol–water partition coefficient (Wildman–Crippen LogP) is 7.12. The number of aliphatic imine (C=N–C) groups is 1. The lowest BCUT2D eigenvalue weighted by Crippen LogP contribution is -2.28. The average molecular weight is 550 g/mol. The molecule has 7 nitrogen and oxygen atoms in total. The summed E-state index contributed by atoms with van der Waals surface area (Å²) in [5.41, 5.74) is 5.07. The van der Waals surface area contributed by atoms with Crippen LogP contribution in [0.3, 0.4) is 0 Å². The number of hydrogen-bond acceptors (Lipinski definition) is 7. The van der Waals surface area contributed by atoms with Crippen molar-refractivity contribution >= 4 is 51.1 Å². The van der Waals surface area contributed by atoms with E-state index in [1.54, 1.807) is 12.0 Å². The van der Waals surface area contributed by atoms with Gasteiger partial charge in [-0.3, -0.25) is 9.69 Å². The van der Waals surface area contributed by atoms with Crippen LogP contribution in [-0.4, -0.2) is 32.9 Å². The number of nitrogens with zero attached hydrogens (tertiary/aromatic N) is 5. The van der Waals surface area contributed by atoms with Crippen LogP contribution in [0.2, 0.25) is 0 Å². The van der Waals surface area contributed by atoms with Crippen LogP contribution in [0.1, 0.15) is 11.3 Å². The Labute approximate surface area is 234 Å². The van der Waals surface area contributed by atoms with E-state index in [2.05, 4.69) is 4.98 Å². The largest absolute Gasteiger partial charge is 0.497 e. The van der Waals surface area contributed by atoms with Gasteiger partial charge in [0, 0.05) is 22.7 Å². The lowest BCUT2D eigenvalue weighted by atomic mass is 10.1. The van der Waals surface area contributed by atoms with Crippen LogP contribution in [0.4, 0.5) is 10.8 Å². The van der Waals surface area contributed by atoms with Crippen molar-refractivity contribution in [1.29, 1.82) is 0 Å². The second-order valence-electron chi connectivity index (χ2n) is 8.69. The van der Waals surface area contributed by atoms with Gasteiger partial charge < -0.3 is 4.74 Å². The number of carbonyl (C=O) groups is 1. The molecule has 5 aromatic rings. The van der Waals surface area contributed by atoms with Crippen molar-refractivity contribution in [3.8, 4) is 22.7 Å². The van der Waals surface area contributed by atoms with Crippen LogP contribution < -0.4 is 9.64 Å². The maximum absolute atomic E-state index is 13.8. The third kappa shape index (κ3) is 5.14. The summed E-state index contributed by atoms with van der Waals surface area (Å²) in [4.78, 5) is 25.2. The van der Waals surface area contributed by atoms with Gasteiger partial charge in [-0.2, -0.15) is 10.1 Å². The number of amides is 1. The minimum Gasteiger partial charge on any atom is -0.497 e. The maximum atomic E-state index is 13.8. The van der Waals surface area contributed by atoms with Crippen molar-refractivity contribution in [1.82, 2.24) is 14.8 Å². The molecule has 0 radical (unpaired) electrons. The lowest BCUT2D eigenvalue weighted by molar-refractivity contribution is -0.113. The van der Waals surface area contributed by atoms with Crippen molar-refractivity contribution in [2.75, 3.05) is 12.0 Å². The fourth-order valence-corrected chi connectivity index (χ4v) is 5.84. The molecule has 6 rings (SSSR count). The van der Waals surface area contributed by atoms with Crippen LogP contribution in [0.25, 0.3) is 23.0 Å². The summed E-state index contributed by atoms with van der Waals surface area (Å²) in [5, 5.41) is 8.02. The van der Waals surface area contributed by atoms with Crippen molar-refractivity contribution in [2.45, 2.75) is 6.92 Å². The summed E-state index contributed by atoms with van der Waals surface area (Å²) in [7, 11) is 1.64. The van der Waals surface area contributed by atoms with Crippen molar-refractivity contribution in [3.05, 3.63) is 113 Å². The number of carbonyl (C=O) groups excluding carboxylic acids is 1. The highest BCUT2D eigenvalue weighted by Gasteiger charge is 2.35. The van der Waals surface area contributed by atoms with Crippen LogP contribution >= 0.6 is 23.1 Å². The van der Waals surface area contributed by atoms with Gasteiger partial charge >= 0.3 is 0 Å². The number of thiazole rings is 1. The highest BCUT2D eigenvalue weighted by molar-refractivity contribution is 8.19. The van der Waals surface area contributed by atoms with E-state index < -0.39 is 0 Å². The zero-order chi connectivity index (χ0) is 26.8. The molecular formula is C30H23N5O2S2. The van der Waals surface area contributed by atoms with Crippen LogP contribution in [0.5, 0.6) is 5.75 Å². The third-order valence-corrected chi connectivity index (χ3v) is 7.85. The summed E-state index contributed by atoms with van der Waals surface area (Å²) in [6.07, 6.45) is 3.84. The number of ether oxygens (including phenoxy) is 1. The molecule has 1 amide bonds. The molecule has 0 spiro atoms. The van der Waals surface area contributed by atoms with Gasteiger partial charge in [0.15, 0.2) is 5.17 Å². The summed E-state index contributed by atoms with van der Waals surface area (Å²) >= 11 is 2.78. The molecule has 3 heterocycles. The summed E-state index contributed by atoms with van der Waals surface area (Å²) in [5.74, 6) is 0.617. The number of thioether (sulfide) groups is 1. The van der Waals surface area contributed by atoms with Gasteiger partial charge in [0.25, 0.3) is 5.91 Å². The Morgan fingerprint density at radius 1 is 0.923 bits per heavy atom. The summed E-state index contributed by atoms with van der Waals surface area (Å²) in [6.45, 7) is 1.93. The number of aryl methyl sites for hydroxylation is 1. The minimum atomic E-state index is -0.147. The average Bonchev–Trinajstić information content (AvgIpc) is 3.67. The standard InChI is InChI=1S/C30H23N5O2S2/c1-20-19-38-29(31-20)32-30-35(24-11-7-4-8-12-24)28(36)26(39-30)17-22-18-34(23-9-5-3-6-10-23)33-27(22)21-13-15-25(37-2)16-14-21/h3-19H,1-2H3/b26-17-,32-30+. The lowest BCUT2D eigenvalue weighted by Gasteiger charge is -2.14. The van der Waals surface area contributed by atoms with Crippen LogP contribution in [0, 0.1) is 6.92 Å². The molecule has 1 fully saturated rings. The van der Waals surface area contributed by atoms with Crippen molar-refractivity contribution in [2.24, 2.45) is 4.99 Å². The highest BCUT2D eigenvalue weighted by Crippen LogP contribution is 2.39. The monoisotopic (exact) mass is 549 g/mol. The SMILES string of the molecule is COc1ccc(-c2nn(-c3ccccc3)cc2/C=C2\S/C(=N/c3nc(C)cs3)N(c3ccccc3)C2=O)cc1. The number of benzene rings is 3. The Bertz CT molecular complexity index is 1690. The van der Waals surface area contributed by atoms with Crippen LogP contribution in [-0.2, 0) is 4.79 Å². The molecule has 2 aromatic heterocycles. The van der Waals surface area contributed by atoms with Gasteiger partial charge in [-0.1, -0.05) is 36.4 Å². The molecule has 0 bridgehead atoms. The molecule has 192 valence electrons. The zero-order valence-electron chi connectivity index (χ0n) is 21.2. The van der Waals surface area contributed by atoms with Gasteiger partial charge in [0.05, 0.1) is 34.8 Å². The van der Waals surface area contributed by atoms with E-state index in [1.807, 2.05) is 114 Å². The first-order valence-electron chi connectivity index (χ1n) is 12.2. The van der Waals surface area contributed by atoms with Gasteiger partial charge in [-0.05, 0) is 73.3 Å². The fraction of sp³-hybridized carbons (Fsp3) is 0.0667. The topological polar surface area (TPSA) is 72.6 Å². The minimum absolute atomic E-state index is 0.147. The predicted molar refractivity (Wildman–Crippen MR) is 159 cm³/mol. The Morgan fingerprint density at radius 2 is 1.62 bits per heavy atom. The van der Waals surface area contributed by atoms with E-state index in [0.29, 0.717) is 15.2 Å². The second kappa shape index (κ2) is 10.7. The number of rotatable bonds is 6. The number of amidine groups is 1. The molecule has 39 heavy (non-hydrogen) atoms. The fourth-order valence-electron chi connectivity index (χ4n) is 4.15. The van der Waals surface area contributed by atoms with E-state index in [4.69, 9.17) is 14.8 Å². The van der Waals surface area contributed by atoms with Gasteiger partial charge in [-0.15, -0.1) is 11.3 Å². The van der Waals surface area contributed by atoms with E-state index in [1.165, 1.54) is 23.1 Å². The van der Waals surface area contributed by atoms with Crippen molar-refractivity contribution in [3.63, 3.8) is 0 Å². The number of para-hydroxylation sites is 2. The molecule has 0 aliphatic carbocycles. The molecule has 0 atom stereocenters. The normalized spacial score (nSPS) is 15.4. The molecule has 9 heteroatoms. The third-order valence-electron chi connectivity index (χ3n) is 6.03. The molecule has 0 saturated carbocycles. The summed E-state index contributed by atoms with van der Waals surface area (Å²) < 4.78 is 7.17. The molecule has 0 unspecified atom stereocenters. The molecular weight excluding hydrogens is 526 g/mol. The van der Waals surface area contributed by atoms with E-state index in [9.17, 15) is 4.79 Å². The van der Waals surface area contributed by atoms with Gasteiger partial charge in [0.2, 0.25) is 5.13 Å². The van der Waals surface area contributed by atoms with Gasteiger partial charge in [-0.25, -0.2) is 9.67 Å². The molecule has 1 aliphatic heterocycles. The Hall–Kier alpha value is -4.47. The van der Waals surface area contributed by atoms with Crippen LogP contribution in [0.15, 0.2) is 106 Å². The molecule has 0 N–H and O–H groups in total. The first kappa shape index (κ1) is 24.8. The number of aromatic nitrogens is 3. The van der Waals surface area contributed by atoms with E-state index in [0.717, 1.165) is 39.6 Å². The first-order chi connectivity index (χ1) is 19.1. The number of hydrogen-bond donors (Lipinski definition) is 0. The number of methoxy groups -OCH3 is 1. The van der Waals surface area contributed by atoms with Crippen molar-refractivity contribution < 1.29 is 9.53 Å². The first-order valence-corrected chi connectivity index (χ1v) is 13.9. The zero-order valence-corrected chi connectivity index (χ0v) is 22.8. The van der Waals surface area contributed by atoms with E-state index in [-0.39, 0.29) is 5.91 Å². The smallest absolute Gasteiger partial charge is 0.271 e. The number of anilines is 1. The molecule has 1 saturated heterocycles. The quantitative estimate of drug-likeness (QED) is 0.211. The van der Waals surface area contributed by atoms with Gasteiger partial charge in [0.1, 0.15) is 5.75 Å². The summed E-state index contributed by atoms with van der Waals surface area (Å²) in [6, 6.07) is 27.2. The Balaban J connectivity index is 1.46. The molecule has 1 aliphatic rings. The molecule has 3 aromatic carbocycles. The van der Waals surface area contributed by atoms with E-state index >= 15 is 0 Å². The Kier molecular flexibility index (Phi) is 6.83. The second-order valence-corrected chi connectivity index (χ2v) is 10.5. The highest BCUT2D eigenvalue weighted by atomic mass is 32.2. The maximum Gasteiger partial charge on any atom is 0.271 e. The Morgan fingerprint density at radius 3 is 2.26 bits per heavy atom.